The summed E-state index contributed by atoms with van der Waals surface area (Å²) in [4.78, 5) is 0. The highest BCUT2D eigenvalue weighted by atomic mass is 127. The fourth-order valence-electron chi connectivity index (χ4n) is 8.10. The third kappa shape index (κ3) is 8.19. The van der Waals surface area contributed by atoms with Crippen LogP contribution in [0.15, 0.2) is 203 Å². The maximum Gasteiger partial charge on any atom is 0.494 e. The molecule has 2 aromatic heterocycles. The van der Waals surface area contributed by atoms with Crippen molar-refractivity contribution in [1.82, 2.24) is 9.13 Å². The summed E-state index contributed by atoms with van der Waals surface area (Å²) < 4.78 is 20.8. The third-order valence-corrected chi connectivity index (χ3v) is 15.0. The largest absolute Gasteiger partial charge is 0.494 e. The number of rotatable bonds is 4. The molecule has 1 fully saturated rings. The second-order valence-corrected chi connectivity index (χ2v) is 19.2. The lowest BCUT2D eigenvalue weighted by Gasteiger charge is -2.32. The fraction of sp³-hybridized carbons (Fsp3) is 0.111. The van der Waals surface area contributed by atoms with E-state index in [0.29, 0.717) is 0 Å². The molecule has 4 nitrogen and oxygen atoms in total. The highest BCUT2D eigenvalue weighted by Gasteiger charge is 2.51. The highest BCUT2D eigenvalue weighted by molar-refractivity contribution is 14.1. The maximum absolute atomic E-state index is 6.29. The van der Waals surface area contributed by atoms with Crippen molar-refractivity contribution in [3.8, 4) is 22.5 Å². The molecule has 306 valence electrons. The van der Waals surface area contributed by atoms with Gasteiger partial charge in [0.15, 0.2) is 0 Å². The van der Waals surface area contributed by atoms with E-state index in [1.165, 1.54) is 68.5 Å². The number of nitrogens with zero attached hydrogens (tertiary/aromatic N) is 2. The lowest BCUT2D eigenvalue weighted by Crippen LogP contribution is -2.41. The van der Waals surface area contributed by atoms with Crippen LogP contribution in [0.3, 0.4) is 0 Å². The van der Waals surface area contributed by atoms with Gasteiger partial charge in [-0.1, -0.05) is 143 Å². The molecular weight excluding hydrogens is 1010 g/mol. The number of aromatic nitrogens is 2. The van der Waals surface area contributed by atoms with Gasteiger partial charge in [0.2, 0.25) is 0 Å². The number of fused-ring (bicyclic) bond motifs is 6. The molecule has 0 unspecified atom stereocenters. The van der Waals surface area contributed by atoms with Crippen molar-refractivity contribution in [2.75, 3.05) is 0 Å². The zero-order valence-electron chi connectivity index (χ0n) is 34.9. The highest BCUT2D eigenvalue weighted by Crippen LogP contribution is 2.39. The van der Waals surface area contributed by atoms with Crippen LogP contribution < -0.4 is 5.46 Å². The second-order valence-electron chi connectivity index (χ2n) is 16.4. The van der Waals surface area contributed by atoms with Crippen LogP contribution in [0.1, 0.15) is 27.7 Å². The lowest BCUT2D eigenvalue weighted by atomic mass is 9.79. The van der Waals surface area contributed by atoms with Gasteiger partial charge in [-0.25, -0.2) is 0 Å². The first-order chi connectivity index (χ1) is 30.0. The molecular formula is C54H44BBr2IN2O2. The molecule has 0 saturated carbocycles. The molecule has 8 heteroatoms. The Labute approximate surface area is 394 Å². The van der Waals surface area contributed by atoms with Gasteiger partial charge >= 0.3 is 7.12 Å². The van der Waals surface area contributed by atoms with Gasteiger partial charge < -0.3 is 18.4 Å². The smallest absolute Gasteiger partial charge is 0.399 e. The van der Waals surface area contributed by atoms with E-state index in [9.17, 15) is 0 Å². The zero-order valence-corrected chi connectivity index (χ0v) is 40.2. The Morgan fingerprint density at radius 1 is 0.435 bits per heavy atom. The average molecular weight is 1050 g/mol. The van der Waals surface area contributed by atoms with Gasteiger partial charge in [-0.05, 0) is 150 Å². The van der Waals surface area contributed by atoms with E-state index in [0.717, 1.165) is 15.6 Å². The molecule has 0 N–H and O–H groups in total. The van der Waals surface area contributed by atoms with Gasteiger partial charge in [0.05, 0.1) is 33.3 Å². The van der Waals surface area contributed by atoms with E-state index in [1.54, 1.807) is 0 Å². The average Bonchev–Trinajstić information content (AvgIpc) is 3.88. The van der Waals surface area contributed by atoms with Crippen molar-refractivity contribution in [3.05, 3.63) is 207 Å². The van der Waals surface area contributed by atoms with E-state index in [2.05, 4.69) is 255 Å². The molecule has 11 rings (SSSR count). The van der Waals surface area contributed by atoms with Gasteiger partial charge in [-0.15, -0.1) is 0 Å². The quantitative estimate of drug-likeness (QED) is 0.130. The summed E-state index contributed by atoms with van der Waals surface area (Å²) in [6, 6.07) is 68.0. The molecule has 3 heterocycles. The monoisotopic (exact) mass is 1050 g/mol. The van der Waals surface area contributed by atoms with E-state index in [4.69, 9.17) is 9.31 Å². The molecule has 0 amide bonds. The van der Waals surface area contributed by atoms with E-state index >= 15 is 0 Å². The summed E-state index contributed by atoms with van der Waals surface area (Å²) >= 11 is 9.35. The molecule has 1 aliphatic heterocycles. The topological polar surface area (TPSA) is 28.3 Å². The molecule has 0 aliphatic carbocycles. The van der Waals surface area contributed by atoms with Crippen LogP contribution in [0.25, 0.3) is 66.1 Å². The van der Waals surface area contributed by atoms with Crippen LogP contribution in [0.5, 0.6) is 0 Å². The molecule has 0 bridgehead atoms. The standard InChI is InChI=1S/C24H24BNO2.C24H16BrN.C6H4BrI/c1-23(2)24(3,4)28-25(27-23)17-14-15-20-19-12-8-9-13-21(19)26(22(20)16-17)18-10-6-5-7-11-18;25-22-12-6-4-10-19(22)17-14-15-21-20-11-5-7-13-23(20)26(24(21)16-17)18-8-2-1-3-9-18;7-5-3-1-2-4-6(5)8/h5-16H,1-4H3;1-16H;1-4H. The minimum absolute atomic E-state index is 0.348. The van der Waals surface area contributed by atoms with Crippen LogP contribution in [0.2, 0.25) is 0 Å². The summed E-state index contributed by atoms with van der Waals surface area (Å²) in [5, 5.41) is 5.05. The van der Waals surface area contributed by atoms with Crippen molar-refractivity contribution in [3.63, 3.8) is 0 Å². The molecule has 0 radical (unpaired) electrons. The Morgan fingerprint density at radius 2 is 0.871 bits per heavy atom. The summed E-state index contributed by atoms with van der Waals surface area (Å²) in [5.41, 5.74) is 9.94. The number of hydrogen-bond acceptors (Lipinski definition) is 2. The van der Waals surface area contributed by atoms with E-state index in [1.807, 2.05) is 30.3 Å². The molecule has 1 aliphatic rings. The van der Waals surface area contributed by atoms with Crippen LogP contribution in [-0.2, 0) is 9.31 Å². The number of benzene rings is 8. The predicted molar refractivity (Wildman–Crippen MR) is 277 cm³/mol. The second kappa shape index (κ2) is 17.7. The SMILES string of the molecule is Brc1ccccc1-c1ccc2c3ccccc3n(-c3ccccc3)c2c1.Brc1ccccc1I.CC1(C)OB(c2ccc3c4ccccc4n(-c4ccccc4)c3c2)OC1(C)C. The number of halogens is 3. The fourth-order valence-corrected chi connectivity index (χ4v) is 9.28. The Kier molecular flexibility index (Phi) is 12.1. The van der Waals surface area contributed by atoms with Crippen LogP contribution in [-0.4, -0.2) is 27.5 Å². The normalized spacial score (nSPS) is 14.1. The minimum atomic E-state index is -0.364. The molecule has 62 heavy (non-hydrogen) atoms. The molecule has 1 saturated heterocycles. The molecule has 0 atom stereocenters. The van der Waals surface area contributed by atoms with Crippen molar-refractivity contribution in [1.29, 1.82) is 0 Å². The Hall–Kier alpha value is -4.97. The van der Waals surface area contributed by atoms with Gasteiger partial charge in [0.1, 0.15) is 0 Å². The lowest BCUT2D eigenvalue weighted by molar-refractivity contribution is 0.00578. The van der Waals surface area contributed by atoms with Crippen molar-refractivity contribution < 1.29 is 9.31 Å². The number of hydrogen-bond donors (Lipinski definition) is 0. The number of para-hydroxylation sites is 4. The minimum Gasteiger partial charge on any atom is -0.399 e. The van der Waals surface area contributed by atoms with Gasteiger partial charge in [0.25, 0.3) is 0 Å². The molecule has 10 aromatic rings. The van der Waals surface area contributed by atoms with Gasteiger partial charge in [0, 0.05) is 45.4 Å². The predicted octanol–water partition coefficient (Wildman–Crippen LogP) is 15.3. The summed E-state index contributed by atoms with van der Waals surface area (Å²) in [6.07, 6.45) is 0. The third-order valence-electron chi connectivity index (χ3n) is 11.9. The Balaban J connectivity index is 0.000000135. The first-order valence-electron chi connectivity index (χ1n) is 20.7. The summed E-state index contributed by atoms with van der Waals surface area (Å²) in [7, 11) is -0.364. The van der Waals surface area contributed by atoms with Crippen molar-refractivity contribution in [2.24, 2.45) is 0 Å². The van der Waals surface area contributed by atoms with Crippen LogP contribution in [0.4, 0.5) is 0 Å². The zero-order chi connectivity index (χ0) is 43.0. The van der Waals surface area contributed by atoms with Gasteiger partial charge in [-0.3, -0.25) is 0 Å². The summed E-state index contributed by atoms with van der Waals surface area (Å²) in [6.45, 7) is 8.36. The molecule has 8 aromatic carbocycles. The Morgan fingerprint density at radius 3 is 1.39 bits per heavy atom. The van der Waals surface area contributed by atoms with Gasteiger partial charge in [-0.2, -0.15) is 0 Å². The van der Waals surface area contributed by atoms with Crippen molar-refractivity contribution >= 4 is 111 Å². The molecule has 0 spiro atoms. The Bertz CT molecular complexity index is 3160. The van der Waals surface area contributed by atoms with E-state index < -0.39 is 0 Å². The van der Waals surface area contributed by atoms with E-state index in [-0.39, 0.29) is 18.3 Å². The van der Waals surface area contributed by atoms with Crippen LogP contribution >= 0.6 is 54.5 Å². The van der Waals surface area contributed by atoms with Crippen LogP contribution in [0, 0.1) is 3.57 Å². The first-order valence-corrected chi connectivity index (χ1v) is 23.3. The first kappa shape index (κ1) is 42.3. The maximum atomic E-state index is 6.29. The summed E-state index contributed by atoms with van der Waals surface area (Å²) in [5.74, 6) is 0. The van der Waals surface area contributed by atoms with Crippen molar-refractivity contribution in [2.45, 2.75) is 38.9 Å².